The van der Waals surface area contributed by atoms with E-state index >= 15 is 0 Å². The molecule has 0 aliphatic carbocycles. The van der Waals surface area contributed by atoms with Crippen molar-refractivity contribution in [3.8, 4) is 0 Å². The van der Waals surface area contributed by atoms with Crippen LogP contribution in [0, 0.1) is 0 Å². The first-order valence-electron chi connectivity index (χ1n) is 6.40. The molecule has 1 N–H and O–H groups in total. The van der Waals surface area contributed by atoms with Crippen molar-refractivity contribution >= 4 is 10.8 Å². The van der Waals surface area contributed by atoms with E-state index in [4.69, 9.17) is 0 Å². The molecule has 4 heteroatoms. The minimum Gasteiger partial charge on any atom is -0.312 e. The van der Waals surface area contributed by atoms with Gasteiger partial charge in [-0.25, -0.2) is 4.68 Å². The molecule has 0 aliphatic heterocycles. The summed E-state index contributed by atoms with van der Waals surface area (Å²) in [5.41, 5.74) is -0.0155. The van der Waals surface area contributed by atoms with Crippen molar-refractivity contribution in [3.05, 3.63) is 40.8 Å². The van der Waals surface area contributed by atoms with Gasteiger partial charge in [0, 0.05) is 11.4 Å². The highest BCUT2D eigenvalue weighted by molar-refractivity contribution is 5.80. The zero-order valence-corrected chi connectivity index (χ0v) is 10.9. The van der Waals surface area contributed by atoms with E-state index in [0.717, 1.165) is 23.7 Å². The third-order valence-corrected chi connectivity index (χ3v) is 2.95. The van der Waals surface area contributed by atoms with Gasteiger partial charge in [0.2, 0.25) is 0 Å². The van der Waals surface area contributed by atoms with Crippen LogP contribution in [0.15, 0.2) is 35.3 Å². The van der Waals surface area contributed by atoms with Crippen LogP contribution in [0.2, 0.25) is 0 Å². The molecule has 0 amide bonds. The lowest BCUT2D eigenvalue weighted by atomic mass is 10.2. The Morgan fingerprint density at radius 3 is 2.94 bits per heavy atom. The summed E-state index contributed by atoms with van der Waals surface area (Å²) in [6.07, 6.45) is 2.84. The zero-order chi connectivity index (χ0) is 13.0. The van der Waals surface area contributed by atoms with Gasteiger partial charge in [-0.05, 0) is 26.0 Å². The van der Waals surface area contributed by atoms with Crippen LogP contribution >= 0.6 is 0 Å². The van der Waals surface area contributed by atoms with E-state index in [1.165, 1.54) is 4.68 Å². The summed E-state index contributed by atoms with van der Waals surface area (Å²) < 4.78 is 1.54. The van der Waals surface area contributed by atoms with Crippen LogP contribution in [0.5, 0.6) is 0 Å². The molecule has 2 rings (SSSR count). The van der Waals surface area contributed by atoms with Crippen LogP contribution in [0.25, 0.3) is 10.8 Å². The maximum atomic E-state index is 12.2. The molecule has 0 radical (unpaired) electrons. The Balaban J connectivity index is 2.24. The van der Waals surface area contributed by atoms with Crippen molar-refractivity contribution in [2.75, 3.05) is 6.54 Å². The Morgan fingerprint density at radius 2 is 2.17 bits per heavy atom. The predicted octanol–water partition coefficient (Wildman–Crippen LogP) is 1.78. The number of hydrogen-bond donors (Lipinski definition) is 1. The number of aromatic nitrogens is 2. The molecule has 0 saturated heterocycles. The summed E-state index contributed by atoms with van der Waals surface area (Å²) >= 11 is 0. The predicted molar refractivity (Wildman–Crippen MR) is 73.8 cm³/mol. The van der Waals surface area contributed by atoms with E-state index in [-0.39, 0.29) is 11.6 Å². The molecule has 4 nitrogen and oxygen atoms in total. The summed E-state index contributed by atoms with van der Waals surface area (Å²) in [6.45, 7) is 5.76. The average Bonchev–Trinajstić information content (AvgIpc) is 2.40. The number of nitrogens with zero attached hydrogens (tertiary/aromatic N) is 2. The maximum Gasteiger partial charge on any atom is 0.274 e. The summed E-state index contributed by atoms with van der Waals surface area (Å²) in [5.74, 6) is 0. The first-order chi connectivity index (χ1) is 8.72. The number of hydrogen-bond acceptors (Lipinski definition) is 3. The van der Waals surface area contributed by atoms with E-state index in [2.05, 4.69) is 24.3 Å². The molecule has 0 fully saturated rings. The lowest BCUT2D eigenvalue weighted by Gasteiger charge is -2.14. The molecule has 1 aromatic carbocycles. The van der Waals surface area contributed by atoms with E-state index in [9.17, 15) is 4.79 Å². The Bertz CT molecular complexity index is 577. The SMILES string of the molecule is CCCNC(C)Cn1ncc2ccccc2c1=O. The smallest absolute Gasteiger partial charge is 0.274 e. The van der Waals surface area contributed by atoms with Crippen LogP contribution < -0.4 is 10.9 Å². The largest absolute Gasteiger partial charge is 0.312 e. The summed E-state index contributed by atoms with van der Waals surface area (Å²) in [6, 6.07) is 7.80. The quantitative estimate of drug-likeness (QED) is 0.873. The van der Waals surface area contributed by atoms with Crippen molar-refractivity contribution in [2.24, 2.45) is 0 Å². The molecular weight excluding hydrogens is 226 g/mol. The molecule has 18 heavy (non-hydrogen) atoms. The van der Waals surface area contributed by atoms with Crippen molar-refractivity contribution in [3.63, 3.8) is 0 Å². The number of nitrogens with one attached hydrogen (secondary N) is 1. The van der Waals surface area contributed by atoms with Gasteiger partial charge in [-0.15, -0.1) is 0 Å². The van der Waals surface area contributed by atoms with Crippen molar-refractivity contribution in [1.29, 1.82) is 0 Å². The Kier molecular flexibility index (Phi) is 4.10. The third kappa shape index (κ3) is 2.76. The van der Waals surface area contributed by atoms with Gasteiger partial charge in [-0.3, -0.25) is 4.79 Å². The standard InChI is InChI=1S/C14H19N3O/c1-3-8-15-11(2)10-17-14(18)13-7-5-4-6-12(13)9-16-17/h4-7,9,11,15H,3,8,10H2,1-2H3. The first-order valence-corrected chi connectivity index (χ1v) is 6.40. The van der Waals surface area contributed by atoms with E-state index in [0.29, 0.717) is 6.54 Å². The van der Waals surface area contributed by atoms with Crippen LogP contribution in [-0.2, 0) is 6.54 Å². The van der Waals surface area contributed by atoms with Gasteiger partial charge in [0.25, 0.3) is 5.56 Å². The fourth-order valence-corrected chi connectivity index (χ4v) is 1.97. The average molecular weight is 245 g/mol. The van der Waals surface area contributed by atoms with Crippen LogP contribution in [0.4, 0.5) is 0 Å². The van der Waals surface area contributed by atoms with Crippen molar-refractivity contribution in [1.82, 2.24) is 15.1 Å². The topological polar surface area (TPSA) is 46.9 Å². The molecule has 1 heterocycles. The molecule has 2 aromatic rings. The Morgan fingerprint density at radius 1 is 1.39 bits per heavy atom. The van der Waals surface area contributed by atoms with Gasteiger partial charge < -0.3 is 5.32 Å². The van der Waals surface area contributed by atoms with Crippen molar-refractivity contribution < 1.29 is 0 Å². The Hall–Kier alpha value is -1.68. The summed E-state index contributed by atoms with van der Waals surface area (Å²) in [5, 5.41) is 9.20. The highest BCUT2D eigenvalue weighted by Gasteiger charge is 2.07. The minimum atomic E-state index is -0.0155. The van der Waals surface area contributed by atoms with Gasteiger partial charge in [0.05, 0.1) is 18.1 Å². The maximum absolute atomic E-state index is 12.2. The Labute approximate surface area is 107 Å². The van der Waals surface area contributed by atoms with Gasteiger partial charge in [-0.1, -0.05) is 25.1 Å². The molecule has 0 bridgehead atoms. The van der Waals surface area contributed by atoms with E-state index < -0.39 is 0 Å². The lowest BCUT2D eigenvalue weighted by Crippen LogP contribution is -2.35. The molecule has 1 aromatic heterocycles. The highest BCUT2D eigenvalue weighted by Crippen LogP contribution is 2.06. The van der Waals surface area contributed by atoms with Crippen LogP contribution in [0.1, 0.15) is 20.3 Å². The number of rotatable bonds is 5. The van der Waals surface area contributed by atoms with Gasteiger partial charge in [0.15, 0.2) is 0 Å². The second-order valence-electron chi connectivity index (χ2n) is 4.57. The molecule has 1 unspecified atom stereocenters. The van der Waals surface area contributed by atoms with E-state index in [1.54, 1.807) is 6.20 Å². The summed E-state index contributed by atoms with van der Waals surface area (Å²) in [4.78, 5) is 12.2. The van der Waals surface area contributed by atoms with Crippen LogP contribution in [0.3, 0.4) is 0 Å². The number of fused-ring (bicyclic) bond motifs is 1. The van der Waals surface area contributed by atoms with E-state index in [1.807, 2.05) is 24.3 Å². The molecule has 0 aliphatic rings. The normalized spacial score (nSPS) is 12.8. The third-order valence-electron chi connectivity index (χ3n) is 2.95. The summed E-state index contributed by atoms with van der Waals surface area (Å²) in [7, 11) is 0. The fraction of sp³-hybridized carbons (Fsp3) is 0.429. The highest BCUT2D eigenvalue weighted by atomic mass is 16.1. The first kappa shape index (κ1) is 12.8. The van der Waals surface area contributed by atoms with Crippen molar-refractivity contribution in [2.45, 2.75) is 32.9 Å². The molecule has 0 spiro atoms. The zero-order valence-electron chi connectivity index (χ0n) is 10.9. The second kappa shape index (κ2) is 5.78. The fourth-order valence-electron chi connectivity index (χ4n) is 1.97. The van der Waals surface area contributed by atoms with Gasteiger partial charge in [0.1, 0.15) is 0 Å². The second-order valence-corrected chi connectivity index (χ2v) is 4.57. The monoisotopic (exact) mass is 245 g/mol. The number of benzene rings is 1. The minimum absolute atomic E-state index is 0.0155. The molecule has 96 valence electrons. The lowest BCUT2D eigenvalue weighted by molar-refractivity contribution is 0.441. The van der Waals surface area contributed by atoms with Gasteiger partial charge >= 0.3 is 0 Å². The van der Waals surface area contributed by atoms with Gasteiger partial charge in [-0.2, -0.15) is 5.10 Å². The molecule has 1 atom stereocenters. The molecule has 0 saturated carbocycles. The van der Waals surface area contributed by atoms with Crippen LogP contribution in [-0.4, -0.2) is 22.4 Å². The molecular formula is C14H19N3O.